The zero-order chi connectivity index (χ0) is 13.9. The van der Waals surface area contributed by atoms with Crippen LogP contribution in [0.15, 0.2) is 67.3 Å². The van der Waals surface area contributed by atoms with Crippen LogP contribution in [0.5, 0.6) is 0 Å². The summed E-state index contributed by atoms with van der Waals surface area (Å²) >= 11 is 1.07. The maximum atomic E-state index is 12.1. The van der Waals surface area contributed by atoms with E-state index in [1.165, 1.54) is 12.1 Å². The molecule has 100 valence electrons. The van der Waals surface area contributed by atoms with Crippen molar-refractivity contribution in [3.63, 3.8) is 0 Å². The van der Waals surface area contributed by atoms with Gasteiger partial charge in [0.2, 0.25) is 0 Å². The topological polar surface area (TPSA) is 46.5 Å². The van der Waals surface area contributed by atoms with Gasteiger partial charge in [0, 0.05) is 0 Å². The third-order valence-electron chi connectivity index (χ3n) is 2.21. The number of nitrogens with zero attached hydrogens (tertiary/aromatic N) is 1. The summed E-state index contributed by atoms with van der Waals surface area (Å²) in [6.45, 7) is 0. The van der Waals surface area contributed by atoms with E-state index in [0.717, 1.165) is 8.93 Å². The van der Waals surface area contributed by atoms with Gasteiger partial charge in [-0.1, -0.05) is 0 Å². The second-order valence-electron chi connectivity index (χ2n) is 3.55. The van der Waals surface area contributed by atoms with E-state index in [0.29, 0.717) is 0 Å². The summed E-state index contributed by atoms with van der Waals surface area (Å²) in [5.74, 6) is 0. The molecule has 0 aliphatic heterocycles. The number of halogens is 2. The van der Waals surface area contributed by atoms with Crippen LogP contribution in [-0.4, -0.2) is 21.2 Å². The van der Waals surface area contributed by atoms with E-state index in [1.54, 1.807) is 30.3 Å². The van der Waals surface area contributed by atoms with Crippen molar-refractivity contribution in [1.82, 2.24) is 0 Å². The van der Waals surface area contributed by atoms with Gasteiger partial charge in [-0.25, -0.2) is 0 Å². The van der Waals surface area contributed by atoms with Crippen LogP contribution in [-0.2, 0) is 10.0 Å². The molecule has 0 aliphatic carbocycles. The molecule has 1 unspecified atom stereocenters. The van der Waals surface area contributed by atoms with Crippen molar-refractivity contribution in [2.45, 2.75) is 4.90 Å². The molecule has 19 heavy (non-hydrogen) atoms. The summed E-state index contributed by atoms with van der Waals surface area (Å²) in [6, 6.07) is 15.3. The summed E-state index contributed by atoms with van der Waals surface area (Å²) in [7, 11) is 2.48. The van der Waals surface area contributed by atoms with Gasteiger partial charge in [-0.05, 0) is 0 Å². The van der Waals surface area contributed by atoms with E-state index in [9.17, 15) is 8.42 Å². The molecule has 0 spiro atoms. The molecule has 0 radical (unpaired) electrons. The van der Waals surface area contributed by atoms with E-state index in [4.69, 9.17) is 10.1 Å². The van der Waals surface area contributed by atoms with Gasteiger partial charge >= 0.3 is 129 Å². The van der Waals surface area contributed by atoms with Gasteiger partial charge in [0.1, 0.15) is 0 Å². The SMILES string of the molecule is O=S(=O)(N=[Se](Cl)c1ccc(Br)cc1)c1ccccc1. The Morgan fingerprint density at radius 1 is 1.00 bits per heavy atom. The molecule has 0 fully saturated rings. The average molecular weight is 426 g/mol. The second-order valence-corrected chi connectivity index (χ2v) is 10.5. The summed E-state index contributed by atoms with van der Waals surface area (Å²) < 4.78 is 29.6. The number of hydrogen-bond acceptors (Lipinski definition) is 2. The Kier molecular flexibility index (Phi) is 4.92. The van der Waals surface area contributed by atoms with E-state index in [-0.39, 0.29) is 4.90 Å². The van der Waals surface area contributed by atoms with Gasteiger partial charge in [-0.3, -0.25) is 0 Å². The van der Waals surface area contributed by atoms with Crippen LogP contribution in [0, 0.1) is 0 Å². The quantitative estimate of drug-likeness (QED) is 0.710. The van der Waals surface area contributed by atoms with Crippen molar-refractivity contribution < 1.29 is 8.42 Å². The van der Waals surface area contributed by atoms with Gasteiger partial charge in [0.15, 0.2) is 0 Å². The van der Waals surface area contributed by atoms with Gasteiger partial charge in [-0.15, -0.1) is 0 Å². The molecule has 0 aromatic heterocycles. The van der Waals surface area contributed by atoms with Crippen molar-refractivity contribution in [2.24, 2.45) is 3.37 Å². The van der Waals surface area contributed by atoms with Gasteiger partial charge < -0.3 is 0 Å². The normalized spacial score (nSPS) is 13.4. The molecule has 0 heterocycles. The standard InChI is InChI=1S/C12H9BrClNO2SSe/c13-10-6-8-12(9-7-10)19(14)15-18(16,17)11-4-2-1-3-5-11/h1-9H. The molecule has 0 saturated heterocycles. The molecule has 0 amide bonds. The zero-order valence-electron chi connectivity index (χ0n) is 9.53. The summed E-state index contributed by atoms with van der Waals surface area (Å²) in [5, 5.41) is 0. The predicted octanol–water partition coefficient (Wildman–Crippen LogP) is 3.04. The first-order valence-corrected chi connectivity index (χ1v) is 11.3. The van der Waals surface area contributed by atoms with Gasteiger partial charge in [0.05, 0.1) is 0 Å². The van der Waals surface area contributed by atoms with Crippen LogP contribution in [0.25, 0.3) is 0 Å². The first-order chi connectivity index (χ1) is 8.99. The molecule has 0 aliphatic rings. The Morgan fingerprint density at radius 3 is 2.16 bits per heavy atom. The second kappa shape index (κ2) is 6.29. The molecule has 0 saturated carbocycles. The van der Waals surface area contributed by atoms with Crippen LogP contribution >= 0.6 is 26.0 Å². The maximum absolute atomic E-state index is 12.1. The molecular formula is C12H9BrClNO2SSe. The summed E-state index contributed by atoms with van der Waals surface area (Å²) in [5.41, 5.74) is 0. The van der Waals surface area contributed by atoms with Crippen molar-refractivity contribution in [3.8, 4) is 0 Å². The van der Waals surface area contributed by atoms with Crippen LogP contribution < -0.4 is 4.46 Å². The first kappa shape index (κ1) is 14.9. The fraction of sp³-hybridized carbons (Fsp3) is 0. The number of hydrogen-bond donors (Lipinski definition) is 0. The van der Waals surface area contributed by atoms with Crippen molar-refractivity contribution >= 4 is 53.3 Å². The van der Waals surface area contributed by atoms with Crippen LogP contribution in [0.4, 0.5) is 0 Å². The summed E-state index contributed by atoms with van der Waals surface area (Å²) in [4.78, 5) is 0.168. The molecule has 2 aromatic carbocycles. The minimum absolute atomic E-state index is 0.168. The third kappa shape index (κ3) is 3.97. The molecule has 0 bridgehead atoms. The van der Waals surface area contributed by atoms with Crippen LogP contribution in [0.3, 0.4) is 0 Å². The molecule has 2 aromatic rings. The molecule has 2 rings (SSSR count). The number of benzene rings is 2. The molecule has 7 heteroatoms. The Hall–Kier alpha value is -0.521. The van der Waals surface area contributed by atoms with Crippen molar-refractivity contribution in [1.29, 1.82) is 0 Å². The predicted molar refractivity (Wildman–Crippen MR) is 81.4 cm³/mol. The first-order valence-electron chi connectivity index (χ1n) is 5.18. The zero-order valence-corrected chi connectivity index (χ0v) is 14.4. The van der Waals surface area contributed by atoms with Gasteiger partial charge in [-0.2, -0.15) is 0 Å². The molecule has 0 N–H and O–H groups in total. The van der Waals surface area contributed by atoms with E-state index < -0.39 is 22.8 Å². The van der Waals surface area contributed by atoms with E-state index in [1.807, 2.05) is 12.1 Å². The van der Waals surface area contributed by atoms with E-state index >= 15 is 0 Å². The molecule has 1 atom stereocenters. The van der Waals surface area contributed by atoms with Crippen molar-refractivity contribution in [2.75, 3.05) is 0 Å². The van der Waals surface area contributed by atoms with E-state index in [2.05, 4.69) is 19.3 Å². The summed E-state index contributed by atoms with van der Waals surface area (Å²) in [6.07, 6.45) is 0. The monoisotopic (exact) mass is 425 g/mol. The Labute approximate surface area is 128 Å². The number of sulfonamides is 1. The number of rotatable bonds is 3. The van der Waals surface area contributed by atoms with Crippen LogP contribution in [0.1, 0.15) is 0 Å². The van der Waals surface area contributed by atoms with Crippen molar-refractivity contribution in [3.05, 3.63) is 59.1 Å². The molecule has 3 nitrogen and oxygen atoms in total. The Bertz CT molecular complexity index is 702. The molecular weight excluding hydrogens is 417 g/mol. The Morgan fingerprint density at radius 2 is 1.58 bits per heavy atom. The minimum atomic E-state index is -3.68. The fourth-order valence-corrected chi connectivity index (χ4v) is 7.04. The van der Waals surface area contributed by atoms with Crippen LogP contribution in [0.2, 0.25) is 0 Å². The fourth-order valence-electron chi connectivity index (χ4n) is 1.31. The third-order valence-corrected chi connectivity index (χ3v) is 9.19. The average Bonchev–Trinajstić information content (AvgIpc) is 2.40. The Balaban J connectivity index is 2.38. The van der Waals surface area contributed by atoms with Gasteiger partial charge in [0.25, 0.3) is 0 Å².